The van der Waals surface area contributed by atoms with E-state index in [-0.39, 0.29) is 5.38 Å². The molecule has 5 rings (SSSR count). The highest BCUT2D eigenvalue weighted by molar-refractivity contribution is 6.22. The zero-order valence-corrected chi connectivity index (χ0v) is 20.2. The van der Waals surface area contributed by atoms with E-state index in [1.54, 1.807) is 6.08 Å². The smallest absolute Gasteiger partial charge is 0.148 e. The van der Waals surface area contributed by atoms with E-state index in [0.717, 1.165) is 35.9 Å². The number of alkyl halides is 1. The molecule has 1 fully saturated rings. The van der Waals surface area contributed by atoms with Crippen LogP contribution in [-0.2, 0) is 17.8 Å². The maximum absolute atomic E-state index is 10.5. The van der Waals surface area contributed by atoms with Crippen LogP contribution < -0.4 is 10.6 Å². The molecule has 0 radical (unpaired) electrons. The lowest BCUT2D eigenvalue weighted by Crippen LogP contribution is -2.24. The molecule has 34 heavy (non-hydrogen) atoms. The number of aliphatic hydroxyl groups is 1. The summed E-state index contributed by atoms with van der Waals surface area (Å²) in [5.41, 5.74) is 4.50. The number of hydrogen-bond donors (Lipinski definition) is 3. The van der Waals surface area contributed by atoms with Gasteiger partial charge in [-0.05, 0) is 55.5 Å². The van der Waals surface area contributed by atoms with Gasteiger partial charge >= 0.3 is 0 Å². The summed E-state index contributed by atoms with van der Waals surface area (Å²) in [6, 6.07) is 4.20. The number of nitrogens with zero attached hydrogens (tertiary/aromatic N) is 2. The molecular formula is C27H33ClN4O2. The van der Waals surface area contributed by atoms with Crippen molar-refractivity contribution in [2.75, 3.05) is 6.54 Å². The average Bonchev–Trinajstić information content (AvgIpc) is 3.26. The van der Waals surface area contributed by atoms with Crippen molar-refractivity contribution >= 4 is 17.2 Å². The van der Waals surface area contributed by atoms with Crippen LogP contribution in [0.25, 0.3) is 5.65 Å². The van der Waals surface area contributed by atoms with E-state index in [1.807, 2.05) is 18.3 Å². The van der Waals surface area contributed by atoms with Crippen molar-refractivity contribution in [1.82, 2.24) is 20.0 Å². The van der Waals surface area contributed by atoms with Gasteiger partial charge in [0.15, 0.2) is 0 Å². The monoisotopic (exact) mass is 480 g/mol. The first-order valence-electron chi connectivity index (χ1n) is 12.3. The second-order valence-electron chi connectivity index (χ2n) is 9.55. The number of fused-ring (bicyclic) bond motifs is 1. The number of aliphatic hydroxyl groups excluding tert-OH is 1. The molecule has 0 bridgehead atoms. The van der Waals surface area contributed by atoms with E-state index >= 15 is 0 Å². The van der Waals surface area contributed by atoms with Crippen LogP contribution in [0.5, 0.6) is 0 Å². The fourth-order valence-corrected chi connectivity index (χ4v) is 5.22. The molecule has 2 aliphatic carbocycles. The van der Waals surface area contributed by atoms with Crippen LogP contribution in [0.4, 0.5) is 0 Å². The van der Waals surface area contributed by atoms with Gasteiger partial charge in [-0.3, -0.25) is 0 Å². The summed E-state index contributed by atoms with van der Waals surface area (Å²) in [6.07, 6.45) is 16.3. The minimum atomic E-state index is -0.719. The van der Waals surface area contributed by atoms with Crippen LogP contribution in [0, 0.1) is 5.92 Å². The van der Waals surface area contributed by atoms with Gasteiger partial charge in [0.05, 0.1) is 23.3 Å². The first-order valence-corrected chi connectivity index (χ1v) is 12.7. The van der Waals surface area contributed by atoms with Crippen molar-refractivity contribution in [2.24, 2.45) is 5.92 Å². The Balaban J connectivity index is 1.15. The Kier molecular flexibility index (Phi) is 7.09. The largest absolute Gasteiger partial charge is 0.455 e. The number of aromatic nitrogens is 2. The van der Waals surface area contributed by atoms with Crippen LogP contribution in [-0.4, -0.2) is 32.5 Å². The van der Waals surface area contributed by atoms with Gasteiger partial charge in [-0.1, -0.05) is 38.0 Å². The predicted octanol–water partition coefficient (Wildman–Crippen LogP) is 4.70. The lowest BCUT2D eigenvalue weighted by Gasteiger charge is -2.28. The Morgan fingerprint density at radius 2 is 2.06 bits per heavy atom. The van der Waals surface area contributed by atoms with Gasteiger partial charge in [0.1, 0.15) is 23.3 Å². The molecule has 0 amide bonds. The first-order chi connectivity index (χ1) is 16.5. The number of ether oxygens (including phenoxy) is 1. The third kappa shape index (κ3) is 5.40. The van der Waals surface area contributed by atoms with Crippen molar-refractivity contribution in [3.05, 3.63) is 83.4 Å². The maximum Gasteiger partial charge on any atom is 0.148 e. The number of allylic oxidation sites excluding steroid dienone is 2. The van der Waals surface area contributed by atoms with Gasteiger partial charge in [0.25, 0.3) is 0 Å². The van der Waals surface area contributed by atoms with Crippen molar-refractivity contribution in [2.45, 2.75) is 63.1 Å². The Labute approximate surface area is 206 Å². The van der Waals surface area contributed by atoms with E-state index in [0.29, 0.717) is 30.2 Å². The van der Waals surface area contributed by atoms with Crippen molar-refractivity contribution in [3.63, 3.8) is 0 Å². The minimum absolute atomic E-state index is 0.114. The molecule has 0 spiro atoms. The molecular weight excluding hydrogens is 448 g/mol. The number of halogens is 1. The van der Waals surface area contributed by atoms with Crippen molar-refractivity contribution < 1.29 is 9.84 Å². The van der Waals surface area contributed by atoms with Crippen molar-refractivity contribution in [3.8, 4) is 0 Å². The van der Waals surface area contributed by atoms with E-state index in [1.165, 1.54) is 37.7 Å². The minimum Gasteiger partial charge on any atom is -0.455 e. The molecule has 180 valence electrons. The fourth-order valence-electron chi connectivity index (χ4n) is 4.98. The molecule has 6 nitrogen and oxygen atoms in total. The number of nitrogens with one attached hydrogen (secondary N) is 2. The summed E-state index contributed by atoms with van der Waals surface area (Å²) in [5, 5.41) is 17.3. The SMILES string of the molecule is C=C(NCc1cn2cc(CNCC3CCCCC3)ccc2n1)C1=CC(O)C2=C(C=CC(Cl)C2)O1. The van der Waals surface area contributed by atoms with Gasteiger partial charge in [-0.15, -0.1) is 11.6 Å². The molecule has 2 aromatic heterocycles. The molecule has 1 aliphatic heterocycles. The Hall–Kier alpha value is -2.54. The Bertz CT molecular complexity index is 1140. The summed E-state index contributed by atoms with van der Waals surface area (Å²) in [5.74, 6) is 2.01. The third-order valence-electron chi connectivity index (χ3n) is 6.90. The summed E-state index contributed by atoms with van der Waals surface area (Å²) in [4.78, 5) is 4.71. The van der Waals surface area contributed by atoms with Gasteiger partial charge in [-0.25, -0.2) is 4.98 Å². The highest BCUT2D eigenvalue weighted by Crippen LogP contribution is 2.33. The average molecular weight is 481 g/mol. The highest BCUT2D eigenvalue weighted by Gasteiger charge is 2.27. The Morgan fingerprint density at radius 3 is 2.91 bits per heavy atom. The molecule has 3 aliphatic rings. The van der Waals surface area contributed by atoms with Crippen LogP contribution >= 0.6 is 11.6 Å². The van der Waals surface area contributed by atoms with Crippen LogP contribution in [0.1, 0.15) is 49.8 Å². The number of rotatable bonds is 8. The Morgan fingerprint density at radius 1 is 1.21 bits per heavy atom. The normalized spacial score (nSPS) is 22.9. The van der Waals surface area contributed by atoms with E-state index in [9.17, 15) is 5.11 Å². The van der Waals surface area contributed by atoms with Gasteiger partial charge in [0, 0.05) is 24.5 Å². The van der Waals surface area contributed by atoms with Gasteiger partial charge < -0.3 is 24.9 Å². The molecule has 2 unspecified atom stereocenters. The maximum atomic E-state index is 10.5. The van der Waals surface area contributed by atoms with Crippen molar-refractivity contribution in [1.29, 1.82) is 0 Å². The van der Waals surface area contributed by atoms with Gasteiger partial charge in [0.2, 0.25) is 0 Å². The summed E-state index contributed by atoms with van der Waals surface area (Å²) in [6.45, 7) is 6.58. The predicted molar refractivity (Wildman–Crippen MR) is 135 cm³/mol. The molecule has 2 atom stereocenters. The molecule has 0 saturated heterocycles. The third-order valence-corrected chi connectivity index (χ3v) is 7.20. The highest BCUT2D eigenvalue weighted by atomic mass is 35.5. The fraction of sp³-hybridized carbons (Fsp3) is 0.444. The summed E-state index contributed by atoms with van der Waals surface area (Å²) >= 11 is 6.17. The van der Waals surface area contributed by atoms with Crippen LogP contribution in [0.2, 0.25) is 0 Å². The van der Waals surface area contributed by atoms with E-state index < -0.39 is 6.10 Å². The number of pyridine rings is 1. The van der Waals surface area contributed by atoms with Gasteiger partial charge in [-0.2, -0.15) is 0 Å². The summed E-state index contributed by atoms with van der Waals surface area (Å²) < 4.78 is 8.03. The second-order valence-corrected chi connectivity index (χ2v) is 10.1. The number of hydrogen-bond acceptors (Lipinski definition) is 5. The van der Waals surface area contributed by atoms with E-state index in [2.05, 4.69) is 39.9 Å². The number of imidazole rings is 1. The molecule has 3 N–H and O–H groups in total. The molecule has 7 heteroatoms. The van der Waals surface area contributed by atoms with E-state index in [4.69, 9.17) is 21.3 Å². The van der Waals surface area contributed by atoms with Crippen LogP contribution in [0.3, 0.4) is 0 Å². The first kappa shape index (κ1) is 23.2. The quantitative estimate of drug-likeness (QED) is 0.477. The zero-order chi connectivity index (χ0) is 23.5. The lowest BCUT2D eigenvalue weighted by molar-refractivity contribution is 0.209. The molecule has 1 saturated carbocycles. The topological polar surface area (TPSA) is 70.8 Å². The summed E-state index contributed by atoms with van der Waals surface area (Å²) in [7, 11) is 0. The standard InChI is InChI=1S/C27H33ClN4O2/c1-18(26-12-24(33)23-11-21(28)8-9-25(23)34-26)30-15-22-17-32-16-20(7-10-27(32)31-22)14-29-13-19-5-3-2-4-6-19/h7-10,12,16-17,19,21,24,29-30,33H,1-6,11,13-15H2. The van der Waals surface area contributed by atoms with Crippen LogP contribution in [0.15, 0.2) is 72.1 Å². The zero-order valence-electron chi connectivity index (χ0n) is 19.5. The molecule has 0 aromatic carbocycles. The second kappa shape index (κ2) is 10.4. The molecule has 2 aromatic rings. The lowest BCUT2D eigenvalue weighted by atomic mass is 9.89. The molecule has 3 heterocycles.